The number of rotatable bonds is 4. The van der Waals surface area contributed by atoms with Crippen molar-refractivity contribution >= 4 is 39.0 Å². The monoisotopic (exact) mass is 309 g/mol. The topological polar surface area (TPSA) is 37.8 Å². The molecule has 0 spiro atoms. The van der Waals surface area contributed by atoms with E-state index in [1.807, 2.05) is 0 Å². The minimum Gasteiger partial charge on any atom is -0.369 e. The largest absolute Gasteiger partial charge is 0.369 e. The smallest absolute Gasteiger partial charge is 0.225 e. The molecule has 0 bridgehead atoms. The molecule has 1 N–H and O–H groups in total. The molecule has 1 aliphatic rings. The van der Waals surface area contributed by atoms with Crippen molar-refractivity contribution in [2.24, 2.45) is 11.8 Å². The van der Waals surface area contributed by atoms with Gasteiger partial charge in [0.2, 0.25) is 5.28 Å². The highest BCUT2D eigenvalue weighted by atomic mass is 35.5. The minimum atomic E-state index is 0.337. The van der Waals surface area contributed by atoms with Crippen molar-refractivity contribution in [2.75, 3.05) is 11.9 Å². The Morgan fingerprint density at radius 2 is 2.25 bits per heavy atom. The molecular weight excluding hydrogens is 290 g/mol. The molecule has 2 heterocycles. The fourth-order valence-corrected chi connectivity index (χ4v) is 4.19. The lowest BCUT2D eigenvalue weighted by Gasteiger charge is -2.16. The third-order valence-electron chi connectivity index (χ3n) is 4.34. The molecule has 3 nitrogen and oxygen atoms in total. The summed E-state index contributed by atoms with van der Waals surface area (Å²) in [5.74, 6) is 2.46. The molecule has 2 aromatic rings. The summed E-state index contributed by atoms with van der Waals surface area (Å²) in [4.78, 5) is 11.0. The highest BCUT2D eigenvalue weighted by Crippen LogP contribution is 2.33. The average molecular weight is 310 g/mol. The van der Waals surface area contributed by atoms with Crippen LogP contribution < -0.4 is 5.32 Å². The van der Waals surface area contributed by atoms with Gasteiger partial charge in [-0.05, 0) is 42.3 Å². The molecule has 108 valence electrons. The lowest BCUT2D eigenvalue weighted by atomic mass is 9.98. The van der Waals surface area contributed by atoms with E-state index in [-0.39, 0.29) is 0 Å². The van der Waals surface area contributed by atoms with E-state index >= 15 is 0 Å². The van der Waals surface area contributed by atoms with Crippen molar-refractivity contribution in [1.82, 2.24) is 9.97 Å². The van der Waals surface area contributed by atoms with Crippen LogP contribution in [-0.2, 0) is 6.42 Å². The van der Waals surface area contributed by atoms with Crippen LogP contribution in [0.15, 0.2) is 6.07 Å². The molecule has 2 atom stereocenters. The van der Waals surface area contributed by atoms with Gasteiger partial charge < -0.3 is 5.32 Å². The van der Waals surface area contributed by atoms with Crippen LogP contribution in [-0.4, -0.2) is 16.5 Å². The summed E-state index contributed by atoms with van der Waals surface area (Å²) in [6, 6.07) is 2.19. The second-order valence-electron chi connectivity index (χ2n) is 5.68. The first-order valence-corrected chi connectivity index (χ1v) is 8.56. The van der Waals surface area contributed by atoms with Gasteiger partial charge in [0.05, 0.1) is 5.39 Å². The molecule has 0 aliphatic heterocycles. The number of halogens is 1. The van der Waals surface area contributed by atoms with Gasteiger partial charge in [0, 0.05) is 11.4 Å². The minimum absolute atomic E-state index is 0.337. The Balaban J connectivity index is 1.84. The number of anilines is 1. The Kier molecular flexibility index (Phi) is 4.13. The summed E-state index contributed by atoms with van der Waals surface area (Å²) >= 11 is 7.75. The maximum atomic E-state index is 6.04. The van der Waals surface area contributed by atoms with Crippen molar-refractivity contribution in [2.45, 2.75) is 39.5 Å². The van der Waals surface area contributed by atoms with Gasteiger partial charge in [0.25, 0.3) is 0 Å². The van der Waals surface area contributed by atoms with Gasteiger partial charge in [-0.15, -0.1) is 11.3 Å². The number of hydrogen-bond acceptors (Lipinski definition) is 4. The molecule has 0 radical (unpaired) electrons. The van der Waals surface area contributed by atoms with Gasteiger partial charge >= 0.3 is 0 Å². The first-order chi connectivity index (χ1) is 9.67. The number of nitrogens with zero attached hydrogens (tertiary/aromatic N) is 2. The maximum Gasteiger partial charge on any atom is 0.225 e. The zero-order chi connectivity index (χ0) is 14.1. The fourth-order valence-electron chi connectivity index (χ4n) is 3.01. The van der Waals surface area contributed by atoms with Crippen LogP contribution in [0, 0.1) is 11.8 Å². The first-order valence-electron chi connectivity index (χ1n) is 7.37. The Hall–Kier alpha value is -0.870. The molecule has 0 aromatic carbocycles. The number of hydrogen-bond donors (Lipinski definition) is 1. The average Bonchev–Trinajstić information content (AvgIpc) is 3.01. The number of fused-ring (bicyclic) bond motifs is 1. The Morgan fingerprint density at radius 1 is 1.40 bits per heavy atom. The molecule has 1 saturated carbocycles. The molecule has 0 amide bonds. The van der Waals surface area contributed by atoms with Gasteiger partial charge in [-0.2, -0.15) is 0 Å². The van der Waals surface area contributed by atoms with Crippen LogP contribution in [0.5, 0.6) is 0 Å². The quantitative estimate of drug-likeness (QED) is 0.828. The standard InChI is InChI=1S/C15H20ClN3S/c1-3-11-7-12-13(18-15(16)19-14(12)20-11)17-8-10-6-4-5-9(10)2/h7,9-10H,3-6,8H2,1-2H3,(H,17,18,19). The SMILES string of the molecule is CCc1cc2c(NCC3CCCC3C)nc(Cl)nc2s1. The van der Waals surface area contributed by atoms with E-state index in [0.717, 1.165) is 40.8 Å². The summed E-state index contributed by atoms with van der Waals surface area (Å²) < 4.78 is 0. The molecule has 20 heavy (non-hydrogen) atoms. The lowest BCUT2D eigenvalue weighted by Crippen LogP contribution is -2.17. The van der Waals surface area contributed by atoms with E-state index in [4.69, 9.17) is 11.6 Å². The summed E-state index contributed by atoms with van der Waals surface area (Å²) in [6.07, 6.45) is 5.05. The molecule has 2 aromatic heterocycles. The highest BCUT2D eigenvalue weighted by Gasteiger charge is 2.23. The lowest BCUT2D eigenvalue weighted by molar-refractivity contribution is 0.439. The van der Waals surface area contributed by atoms with E-state index in [9.17, 15) is 0 Å². The van der Waals surface area contributed by atoms with Crippen molar-refractivity contribution < 1.29 is 0 Å². The van der Waals surface area contributed by atoms with Crippen LogP contribution in [0.25, 0.3) is 10.2 Å². The van der Waals surface area contributed by atoms with Crippen LogP contribution in [0.2, 0.25) is 5.28 Å². The Labute approximate surface area is 128 Å². The van der Waals surface area contributed by atoms with Gasteiger partial charge in [-0.3, -0.25) is 0 Å². The second kappa shape index (κ2) is 5.86. The van der Waals surface area contributed by atoms with Crippen molar-refractivity contribution in [1.29, 1.82) is 0 Å². The fraction of sp³-hybridized carbons (Fsp3) is 0.600. The molecule has 1 aliphatic carbocycles. The zero-order valence-corrected chi connectivity index (χ0v) is 13.5. The van der Waals surface area contributed by atoms with Crippen molar-refractivity contribution in [3.8, 4) is 0 Å². The number of aromatic nitrogens is 2. The maximum absolute atomic E-state index is 6.04. The zero-order valence-electron chi connectivity index (χ0n) is 11.9. The first kappa shape index (κ1) is 14.1. The summed E-state index contributed by atoms with van der Waals surface area (Å²) in [7, 11) is 0. The van der Waals surface area contributed by atoms with Crippen LogP contribution in [0.1, 0.15) is 38.0 Å². The van der Waals surface area contributed by atoms with Crippen LogP contribution in [0.4, 0.5) is 5.82 Å². The second-order valence-corrected chi connectivity index (χ2v) is 7.13. The van der Waals surface area contributed by atoms with Gasteiger partial charge in [-0.1, -0.05) is 26.7 Å². The van der Waals surface area contributed by atoms with Crippen molar-refractivity contribution in [3.05, 3.63) is 16.2 Å². The molecular formula is C15H20ClN3S. The van der Waals surface area contributed by atoms with Gasteiger partial charge in [-0.25, -0.2) is 9.97 Å². The Morgan fingerprint density at radius 3 is 2.95 bits per heavy atom. The third-order valence-corrected chi connectivity index (χ3v) is 5.68. The molecule has 3 rings (SSSR count). The summed E-state index contributed by atoms with van der Waals surface area (Å²) in [5, 5.41) is 4.96. The molecule has 0 saturated heterocycles. The number of aryl methyl sites for hydroxylation is 1. The molecule has 1 fully saturated rings. The normalized spacial score (nSPS) is 22.6. The number of nitrogens with one attached hydrogen (secondary N) is 1. The van der Waals surface area contributed by atoms with E-state index < -0.39 is 0 Å². The van der Waals surface area contributed by atoms with E-state index in [1.54, 1.807) is 11.3 Å². The van der Waals surface area contributed by atoms with Crippen molar-refractivity contribution in [3.63, 3.8) is 0 Å². The van der Waals surface area contributed by atoms with Gasteiger partial charge in [0.15, 0.2) is 0 Å². The predicted molar refractivity (Wildman–Crippen MR) is 86.8 cm³/mol. The summed E-state index contributed by atoms with van der Waals surface area (Å²) in [6.45, 7) is 5.50. The van der Waals surface area contributed by atoms with E-state index in [2.05, 4.69) is 35.2 Å². The highest BCUT2D eigenvalue weighted by molar-refractivity contribution is 7.18. The van der Waals surface area contributed by atoms with Crippen LogP contribution in [0.3, 0.4) is 0 Å². The third kappa shape index (κ3) is 2.77. The Bertz CT molecular complexity index is 610. The molecule has 5 heteroatoms. The predicted octanol–water partition coefficient (Wildman–Crippen LogP) is 4.76. The number of thiophene rings is 1. The van der Waals surface area contributed by atoms with E-state index in [1.165, 1.54) is 24.1 Å². The van der Waals surface area contributed by atoms with E-state index in [0.29, 0.717) is 5.28 Å². The van der Waals surface area contributed by atoms with Crippen LogP contribution >= 0.6 is 22.9 Å². The molecule has 2 unspecified atom stereocenters. The van der Waals surface area contributed by atoms with Gasteiger partial charge in [0.1, 0.15) is 10.6 Å². The summed E-state index contributed by atoms with van der Waals surface area (Å²) in [5.41, 5.74) is 0.